The smallest absolute Gasteiger partial charge is 0.356 e. The number of H-pyrrole nitrogens is 1. The number of pyridine rings is 1. The summed E-state index contributed by atoms with van der Waals surface area (Å²) in [6, 6.07) is 7.48. The van der Waals surface area contributed by atoms with Crippen LogP contribution >= 0.6 is 11.8 Å². The first-order valence-electron chi connectivity index (χ1n) is 19.4. The lowest BCUT2D eigenvalue weighted by atomic mass is 10.2. The zero-order chi connectivity index (χ0) is 43.1. The number of hydrogen-bond donors (Lipinski definition) is 3. The van der Waals surface area contributed by atoms with Gasteiger partial charge in [0.25, 0.3) is 0 Å². The summed E-state index contributed by atoms with van der Waals surface area (Å²) < 4.78 is 16.9. The first kappa shape index (κ1) is 47.9. The van der Waals surface area contributed by atoms with Gasteiger partial charge in [0, 0.05) is 83.0 Å². The highest BCUT2D eigenvalue weighted by Crippen LogP contribution is 2.33. The van der Waals surface area contributed by atoms with E-state index in [9.17, 15) is 19.2 Å². The number of carbonyl (C=O) groups is 4. The van der Waals surface area contributed by atoms with Crippen LogP contribution in [0.5, 0.6) is 17.2 Å². The number of imidazole rings is 1. The van der Waals surface area contributed by atoms with Crippen LogP contribution < -0.4 is 19.5 Å². The maximum atomic E-state index is 13.1. The molecule has 60 heavy (non-hydrogen) atoms. The Balaban J connectivity index is 1.23. The van der Waals surface area contributed by atoms with E-state index in [1.807, 2.05) is 28.0 Å². The molecule has 21 nitrogen and oxygen atoms in total. The van der Waals surface area contributed by atoms with Crippen LogP contribution in [0.3, 0.4) is 0 Å². The number of thioether (sulfide) groups is 1. The van der Waals surface area contributed by atoms with Crippen LogP contribution in [0, 0.1) is 0 Å². The minimum atomic E-state index is -0.839. The van der Waals surface area contributed by atoms with Crippen molar-refractivity contribution in [1.29, 1.82) is 0 Å². The van der Waals surface area contributed by atoms with Gasteiger partial charge in [-0.3, -0.25) is 44.0 Å². The van der Waals surface area contributed by atoms with Crippen molar-refractivity contribution < 1.29 is 63.1 Å². The third kappa shape index (κ3) is 16.7. The third-order valence-corrected chi connectivity index (χ3v) is 10.2. The molecule has 1 fully saturated rings. The number of nitrogens with one attached hydrogen (secondary N) is 2. The Morgan fingerprint density at radius 3 is 1.93 bits per heavy atom. The Morgan fingerprint density at radius 2 is 1.37 bits per heavy atom. The summed E-state index contributed by atoms with van der Waals surface area (Å²) in [6.45, 7) is 3.55. The zero-order valence-corrected chi connectivity index (χ0v) is 35.4. The van der Waals surface area contributed by atoms with Crippen LogP contribution in [-0.2, 0) is 49.4 Å². The number of amides is 1. The van der Waals surface area contributed by atoms with E-state index in [0.717, 1.165) is 46.9 Å². The normalized spacial score (nSPS) is 15.1. The van der Waals surface area contributed by atoms with Crippen molar-refractivity contribution in [3.05, 3.63) is 36.2 Å². The number of hydrogen-bond acceptors (Lipinski definition) is 20. The van der Waals surface area contributed by atoms with Crippen molar-refractivity contribution in [2.45, 2.75) is 30.2 Å². The summed E-state index contributed by atoms with van der Waals surface area (Å²) in [7, 11) is 5.65. The first-order valence-corrected chi connectivity index (χ1v) is 20.4. The van der Waals surface area contributed by atoms with E-state index in [0.29, 0.717) is 82.8 Å². The molecule has 0 saturated carbocycles. The van der Waals surface area contributed by atoms with E-state index in [1.54, 1.807) is 36.3 Å². The number of ether oxygens (including phenoxy) is 3. The van der Waals surface area contributed by atoms with E-state index in [4.69, 9.17) is 19.5 Å². The molecule has 1 aliphatic heterocycles. The van der Waals surface area contributed by atoms with Gasteiger partial charge in [-0.15, -0.1) is 0 Å². The van der Waals surface area contributed by atoms with Gasteiger partial charge in [-0.1, -0.05) is 11.8 Å². The molecule has 0 unspecified atom stereocenters. The Hall–Kier alpha value is -4.81. The standard InChI is InChI=1S/C38H56N8O13S/c1-52-32-10-12-39-31(37(32)53-2)27-60-38-41-29-9-8-28(22-30(29)42-38)56-21-7-5-6-11-40-33(47)23-43-13-15-44(24-34(48)57-51)17-18-46(26-36(50)59-55-4)20-19-45(16-14-43)25-35(49)58-54-3/h8-10,12,22,51H,5-7,11,13-21,23-27H2,1-4H3,(H,40,47)(H,41,42). The monoisotopic (exact) mass is 864 g/mol. The minimum absolute atomic E-state index is 0.0785. The SMILES string of the molecule is COOC(=O)CN1CCN(CC(=O)NCCCCCOc2ccc3nc(SCc4nccc(OC)c4OC)[nH]c3c2)CCN(CC(=O)OO)CCN(CC(=O)OOC)CC1. The van der Waals surface area contributed by atoms with Gasteiger partial charge in [0.05, 0.1) is 58.3 Å². The Bertz CT molecular complexity index is 1800. The second-order valence-electron chi connectivity index (χ2n) is 13.6. The largest absolute Gasteiger partial charge is 0.494 e. The van der Waals surface area contributed by atoms with Crippen LogP contribution in [0.1, 0.15) is 25.0 Å². The number of aromatic amines is 1. The van der Waals surface area contributed by atoms with Gasteiger partial charge in [0.15, 0.2) is 16.7 Å². The van der Waals surface area contributed by atoms with Gasteiger partial charge in [-0.2, -0.15) is 15.0 Å². The molecule has 0 bridgehead atoms. The van der Waals surface area contributed by atoms with Crippen molar-refractivity contribution in [2.75, 3.05) is 120 Å². The second-order valence-corrected chi connectivity index (χ2v) is 14.5. The molecule has 3 aromatic rings. The van der Waals surface area contributed by atoms with Crippen LogP contribution in [0.15, 0.2) is 35.6 Å². The van der Waals surface area contributed by atoms with Gasteiger partial charge in [-0.25, -0.2) is 19.4 Å². The van der Waals surface area contributed by atoms with Crippen molar-refractivity contribution in [3.8, 4) is 17.2 Å². The molecule has 332 valence electrons. The zero-order valence-electron chi connectivity index (χ0n) is 34.6. The van der Waals surface area contributed by atoms with Gasteiger partial charge < -0.3 is 24.5 Å². The second kappa shape index (κ2) is 26.4. The number of methoxy groups -OCH3 is 2. The number of fused-ring (bicyclic) bond motifs is 1. The van der Waals surface area contributed by atoms with Crippen LogP contribution in [0.4, 0.5) is 0 Å². The van der Waals surface area contributed by atoms with Crippen molar-refractivity contribution >= 4 is 46.6 Å². The Kier molecular flexibility index (Phi) is 21.1. The lowest BCUT2D eigenvalue weighted by molar-refractivity contribution is -0.256. The fraction of sp³-hybridized carbons (Fsp3) is 0.579. The number of unbranched alkanes of at least 4 members (excludes halogenated alkanes) is 2. The summed E-state index contributed by atoms with van der Waals surface area (Å²) in [4.78, 5) is 91.7. The van der Waals surface area contributed by atoms with Crippen LogP contribution in [0.2, 0.25) is 0 Å². The van der Waals surface area contributed by atoms with E-state index in [2.05, 4.69) is 44.7 Å². The summed E-state index contributed by atoms with van der Waals surface area (Å²) in [6.07, 6.45) is 4.06. The molecule has 0 radical (unpaired) electrons. The Labute approximate surface area is 352 Å². The highest BCUT2D eigenvalue weighted by molar-refractivity contribution is 7.98. The fourth-order valence-electron chi connectivity index (χ4n) is 6.32. The molecule has 0 aliphatic carbocycles. The van der Waals surface area contributed by atoms with Crippen molar-refractivity contribution in [2.24, 2.45) is 0 Å². The van der Waals surface area contributed by atoms with Crippen molar-refractivity contribution in [1.82, 2.24) is 39.9 Å². The molecule has 1 aliphatic rings. The molecule has 3 N–H and O–H groups in total. The molecule has 22 heteroatoms. The predicted octanol–water partition coefficient (Wildman–Crippen LogP) is 1.38. The Morgan fingerprint density at radius 1 is 0.767 bits per heavy atom. The van der Waals surface area contributed by atoms with E-state index < -0.39 is 17.9 Å². The highest BCUT2D eigenvalue weighted by Gasteiger charge is 2.23. The van der Waals surface area contributed by atoms with E-state index >= 15 is 0 Å². The molecule has 0 spiro atoms. The molecular formula is C38H56N8O13S. The highest BCUT2D eigenvalue weighted by atomic mass is 32.2. The van der Waals surface area contributed by atoms with Crippen LogP contribution in [-0.4, -0.2) is 184 Å². The number of aromatic nitrogens is 3. The first-order chi connectivity index (χ1) is 29.1. The third-order valence-electron chi connectivity index (χ3n) is 9.36. The fourth-order valence-corrected chi connectivity index (χ4v) is 7.14. The molecule has 1 aromatic carbocycles. The maximum absolute atomic E-state index is 13.1. The lowest BCUT2D eigenvalue weighted by Crippen LogP contribution is -2.50. The van der Waals surface area contributed by atoms with Gasteiger partial charge in [0.1, 0.15) is 25.4 Å². The molecule has 1 amide bonds. The van der Waals surface area contributed by atoms with Gasteiger partial charge in [-0.05, 0) is 31.4 Å². The predicted molar refractivity (Wildman–Crippen MR) is 216 cm³/mol. The summed E-state index contributed by atoms with van der Waals surface area (Å²) in [5.41, 5.74) is 2.43. The molecule has 3 heterocycles. The van der Waals surface area contributed by atoms with Crippen LogP contribution in [0.25, 0.3) is 11.0 Å². The quantitative estimate of drug-likeness (QED) is 0.0561. The average molecular weight is 865 g/mol. The van der Waals surface area contributed by atoms with Gasteiger partial charge >= 0.3 is 17.9 Å². The van der Waals surface area contributed by atoms with E-state index in [-0.39, 0.29) is 32.1 Å². The lowest BCUT2D eigenvalue weighted by Gasteiger charge is -2.33. The number of nitrogens with zero attached hydrogens (tertiary/aromatic N) is 6. The molecule has 0 atom stereocenters. The number of benzene rings is 1. The topological polar surface area (TPSA) is 229 Å². The summed E-state index contributed by atoms with van der Waals surface area (Å²) in [5, 5.41) is 12.7. The molecular weight excluding hydrogens is 809 g/mol. The molecule has 4 rings (SSSR count). The maximum Gasteiger partial charge on any atom is 0.356 e. The summed E-state index contributed by atoms with van der Waals surface area (Å²) >= 11 is 1.51. The van der Waals surface area contributed by atoms with E-state index in [1.165, 1.54) is 26.0 Å². The number of rotatable bonds is 22. The minimum Gasteiger partial charge on any atom is -0.494 e. The number of carbonyl (C=O) groups excluding carboxylic acids is 4. The summed E-state index contributed by atoms with van der Waals surface area (Å²) in [5.74, 6) is 0.270. The molecule has 1 saturated heterocycles. The molecule has 2 aromatic heterocycles. The average Bonchev–Trinajstić information content (AvgIpc) is 3.65. The van der Waals surface area contributed by atoms with Gasteiger partial charge in [0.2, 0.25) is 5.91 Å². The van der Waals surface area contributed by atoms with Crippen molar-refractivity contribution in [3.63, 3.8) is 0 Å².